The van der Waals surface area contributed by atoms with Crippen molar-refractivity contribution in [3.63, 3.8) is 0 Å². The second kappa shape index (κ2) is 5.43. The first kappa shape index (κ1) is 14.8. The number of para-hydroxylation sites is 1. The molecule has 0 spiro atoms. The van der Waals surface area contributed by atoms with Crippen molar-refractivity contribution >= 4 is 15.7 Å². The summed E-state index contributed by atoms with van der Waals surface area (Å²) < 4.78 is 39.3. The summed E-state index contributed by atoms with van der Waals surface area (Å²) in [5.41, 5.74) is 4.93. The van der Waals surface area contributed by atoms with Gasteiger partial charge in [0.25, 0.3) is 5.69 Å². The van der Waals surface area contributed by atoms with E-state index in [-0.39, 0.29) is 19.5 Å². The highest BCUT2D eigenvalue weighted by Gasteiger charge is 2.42. The van der Waals surface area contributed by atoms with Gasteiger partial charge in [-0.25, -0.2) is 12.8 Å². The molecule has 0 saturated carbocycles. The number of nitrogens with two attached hydrogens (primary N) is 1. The molecular formula is C11H14FN3O4S. The Hall–Kier alpha value is -1.58. The second-order valence-electron chi connectivity index (χ2n) is 4.52. The smallest absolute Gasteiger partial charge is 0.289 e. The first-order valence-electron chi connectivity index (χ1n) is 5.97. The number of benzene rings is 1. The van der Waals surface area contributed by atoms with Crippen molar-refractivity contribution in [2.75, 3.05) is 13.1 Å². The Morgan fingerprint density at radius 3 is 2.70 bits per heavy atom. The van der Waals surface area contributed by atoms with Gasteiger partial charge in [-0.1, -0.05) is 12.1 Å². The van der Waals surface area contributed by atoms with Crippen molar-refractivity contribution in [2.45, 2.75) is 23.5 Å². The Morgan fingerprint density at radius 1 is 1.45 bits per heavy atom. The number of rotatable bonds is 4. The van der Waals surface area contributed by atoms with E-state index >= 15 is 0 Å². The molecule has 1 heterocycles. The summed E-state index contributed by atoms with van der Waals surface area (Å²) in [4.78, 5) is 9.72. The van der Waals surface area contributed by atoms with Gasteiger partial charge in [0.15, 0.2) is 4.90 Å². The number of nitro groups is 1. The van der Waals surface area contributed by atoms with Crippen molar-refractivity contribution in [2.24, 2.45) is 5.73 Å². The Balaban J connectivity index is 2.48. The van der Waals surface area contributed by atoms with E-state index in [2.05, 4.69) is 0 Å². The monoisotopic (exact) mass is 303 g/mol. The maximum absolute atomic E-state index is 13.4. The molecular weight excluding hydrogens is 289 g/mol. The number of halogens is 1. The standard InChI is InChI=1S/C11H14FN3O4S/c12-8-5-9(6-13)14(7-8)20(18,19)11-4-2-1-3-10(11)15(16)17/h1-4,8-9H,5-7,13H2/t8-,9-/m0/s1. The fourth-order valence-corrected chi connectivity index (χ4v) is 4.12. The predicted octanol–water partition coefficient (Wildman–Crippen LogP) is 0.655. The molecule has 0 amide bonds. The number of alkyl halides is 1. The van der Waals surface area contributed by atoms with Crippen LogP contribution < -0.4 is 5.73 Å². The molecule has 2 N–H and O–H groups in total. The van der Waals surface area contributed by atoms with E-state index in [1.807, 2.05) is 0 Å². The van der Waals surface area contributed by atoms with Gasteiger partial charge < -0.3 is 5.73 Å². The number of nitrogens with zero attached hydrogens (tertiary/aromatic N) is 2. The summed E-state index contributed by atoms with van der Waals surface area (Å²) >= 11 is 0. The third-order valence-corrected chi connectivity index (χ3v) is 5.20. The van der Waals surface area contributed by atoms with Crippen molar-refractivity contribution in [1.82, 2.24) is 4.31 Å². The van der Waals surface area contributed by atoms with Crippen molar-refractivity contribution in [3.8, 4) is 0 Å². The van der Waals surface area contributed by atoms with E-state index in [1.54, 1.807) is 0 Å². The summed E-state index contributed by atoms with van der Waals surface area (Å²) in [7, 11) is -4.14. The maximum atomic E-state index is 13.4. The highest BCUT2D eigenvalue weighted by molar-refractivity contribution is 7.89. The molecule has 1 aliphatic heterocycles. The van der Waals surface area contributed by atoms with Crippen LogP contribution in [-0.2, 0) is 10.0 Å². The predicted molar refractivity (Wildman–Crippen MR) is 69.3 cm³/mol. The molecule has 0 radical (unpaired) electrons. The van der Waals surface area contributed by atoms with E-state index < -0.39 is 37.7 Å². The van der Waals surface area contributed by atoms with Gasteiger partial charge in [0.1, 0.15) is 6.17 Å². The minimum absolute atomic E-state index is 0.0103. The molecule has 2 atom stereocenters. The maximum Gasteiger partial charge on any atom is 0.289 e. The Morgan fingerprint density at radius 2 is 2.10 bits per heavy atom. The normalized spacial score (nSPS) is 23.9. The molecule has 0 unspecified atom stereocenters. The molecule has 1 aliphatic rings. The minimum Gasteiger partial charge on any atom is -0.329 e. The van der Waals surface area contributed by atoms with E-state index in [0.717, 1.165) is 16.4 Å². The molecule has 1 aromatic carbocycles. The topological polar surface area (TPSA) is 107 Å². The lowest BCUT2D eigenvalue weighted by atomic mass is 10.2. The largest absolute Gasteiger partial charge is 0.329 e. The van der Waals surface area contributed by atoms with Crippen LogP contribution in [0, 0.1) is 10.1 Å². The van der Waals surface area contributed by atoms with Gasteiger partial charge in [-0.15, -0.1) is 0 Å². The lowest BCUT2D eigenvalue weighted by Gasteiger charge is -2.22. The van der Waals surface area contributed by atoms with Crippen molar-refractivity contribution in [1.29, 1.82) is 0 Å². The summed E-state index contributed by atoms with van der Waals surface area (Å²) in [5, 5.41) is 10.9. The zero-order valence-corrected chi connectivity index (χ0v) is 11.3. The summed E-state index contributed by atoms with van der Waals surface area (Å²) in [5.74, 6) is 0. The first-order valence-corrected chi connectivity index (χ1v) is 7.41. The Bertz CT molecular complexity index is 622. The van der Waals surface area contributed by atoms with Gasteiger partial charge in [-0.05, 0) is 12.5 Å². The minimum atomic E-state index is -4.14. The van der Waals surface area contributed by atoms with E-state index in [4.69, 9.17) is 5.73 Å². The molecule has 1 fully saturated rings. The van der Waals surface area contributed by atoms with Crippen LogP contribution in [0.4, 0.5) is 10.1 Å². The highest BCUT2D eigenvalue weighted by atomic mass is 32.2. The van der Waals surface area contributed by atoms with Gasteiger partial charge in [0, 0.05) is 25.2 Å². The Kier molecular flexibility index (Phi) is 4.02. The second-order valence-corrected chi connectivity index (χ2v) is 6.38. The third kappa shape index (κ3) is 2.51. The fraction of sp³-hybridized carbons (Fsp3) is 0.455. The molecule has 2 rings (SSSR count). The van der Waals surface area contributed by atoms with Gasteiger partial charge in [-0.3, -0.25) is 10.1 Å². The quantitative estimate of drug-likeness (QED) is 0.649. The van der Waals surface area contributed by atoms with E-state index in [0.29, 0.717) is 0 Å². The van der Waals surface area contributed by atoms with Crippen molar-refractivity contribution < 1.29 is 17.7 Å². The van der Waals surface area contributed by atoms with E-state index in [1.165, 1.54) is 12.1 Å². The van der Waals surface area contributed by atoms with Crippen LogP contribution in [0.1, 0.15) is 6.42 Å². The molecule has 20 heavy (non-hydrogen) atoms. The number of sulfonamides is 1. The summed E-state index contributed by atoms with van der Waals surface area (Å²) in [6, 6.07) is 4.34. The SMILES string of the molecule is NC[C@@H]1C[C@H](F)CN1S(=O)(=O)c1ccccc1[N+](=O)[O-]. The van der Waals surface area contributed by atoms with Crippen LogP contribution in [0.3, 0.4) is 0 Å². The van der Waals surface area contributed by atoms with Gasteiger partial charge >= 0.3 is 0 Å². The summed E-state index contributed by atoms with van der Waals surface area (Å²) in [6.07, 6.45) is -1.29. The van der Waals surface area contributed by atoms with Gasteiger partial charge in [0.05, 0.1) is 4.92 Å². The van der Waals surface area contributed by atoms with Crippen LogP contribution in [0.15, 0.2) is 29.2 Å². The Labute approximate surface area is 115 Å². The van der Waals surface area contributed by atoms with Crippen LogP contribution in [0.25, 0.3) is 0 Å². The molecule has 110 valence electrons. The highest BCUT2D eigenvalue weighted by Crippen LogP contribution is 2.31. The van der Waals surface area contributed by atoms with Crippen molar-refractivity contribution in [3.05, 3.63) is 34.4 Å². The average molecular weight is 303 g/mol. The van der Waals surface area contributed by atoms with Crippen LogP contribution in [-0.4, -0.2) is 42.9 Å². The lowest BCUT2D eigenvalue weighted by Crippen LogP contribution is -2.40. The van der Waals surface area contributed by atoms with E-state index in [9.17, 15) is 22.9 Å². The van der Waals surface area contributed by atoms with Gasteiger partial charge in [0.2, 0.25) is 10.0 Å². The van der Waals surface area contributed by atoms with Crippen LogP contribution >= 0.6 is 0 Å². The molecule has 1 saturated heterocycles. The lowest BCUT2D eigenvalue weighted by molar-refractivity contribution is -0.387. The molecule has 0 aliphatic carbocycles. The summed E-state index contributed by atoms with van der Waals surface area (Å²) in [6.45, 7) is -0.351. The van der Waals surface area contributed by atoms with Crippen LogP contribution in [0.2, 0.25) is 0 Å². The number of hydrogen-bond acceptors (Lipinski definition) is 5. The number of hydrogen-bond donors (Lipinski definition) is 1. The molecule has 1 aromatic rings. The van der Waals surface area contributed by atoms with Crippen LogP contribution in [0.5, 0.6) is 0 Å². The zero-order chi connectivity index (χ0) is 14.9. The third-order valence-electron chi connectivity index (χ3n) is 3.23. The zero-order valence-electron chi connectivity index (χ0n) is 10.5. The number of nitro benzene ring substituents is 1. The molecule has 9 heteroatoms. The molecule has 0 aromatic heterocycles. The average Bonchev–Trinajstić information content (AvgIpc) is 2.80. The molecule has 0 bridgehead atoms. The van der Waals surface area contributed by atoms with Gasteiger partial charge in [-0.2, -0.15) is 4.31 Å². The molecule has 7 nitrogen and oxygen atoms in total. The fourth-order valence-electron chi connectivity index (χ4n) is 2.29. The first-order chi connectivity index (χ1) is 9.37.